The van der Waals surface area contributed by atoms with Gasteiger partial charge in [0.15, 0.2) is 0 Å². The first-order chi connectivity index (χ1) is 6.50. The van der Waals surface area contributed by atoms with Crippen LogP contribution in [-0.4, -0.2) is 11.1 Å². The van der Waals surface area contributed by atoms with Crippen molar-refractivity contribution >= 4 is 0 Å². The van der Waals surface area contributed by atoms with Crippen LogP contribution >= 0.6 is 0 Å². The van der Waals surface area contributed by atoms with Gasteiger partial charge in [0.25, 0.3) is 0 Å². The molecule has 3 N–H and O–H groups in total. The van der Waals surface area contributed by atoms with E-state index in [-0.39, 0.29) is 6.04 Å². The fourth-order valence-electron chi connectivity index (χ4n) is 1.29. The van der Waals surface area contributed by atoms with Crippen LogP contribution in [0.15, 0.2) is 18.2 Å². The van der Waals surface area contributed by atoms with Gasteiger partial charge in [0.1, 0.15) is 5.75 Å². The van der Waals surface area contributed by atoms with Gasteiger partial charge in [-0.1, -0.05) is 26.0 Å². The third-order valence-corrected chi connectivity index (χ3v) is 2.60. The monoisotopic (exact) mass is 193 g/mol. The minimum absolute atomic E-state index is 0.164. The maximum Gasteiger partial charge on any atom is 0.118 e. The van der Waals surface area contributed by atoms with E-state index < -0.39 is 0 Å². The van der Waals surface area contributed by atoms with Gasteiger partial charge < -0.3 is 10.8 Å². The Kier molecular flexibility index (Phi) is 3.53. The fourth-order valence-corrected chi connectivity index (χ4v) is 1.29. The molecule has 0 spiro atoms. The lowest BCUT2D eigenvalue weighted by Gasteiger charge is -2.15. The number of hydrogen-bond acceptors (Lipinski definition) is 2. The summed E-state index contributed by atoms with van der Waals surface area (Å²) in [5.74, 6) is 0.830. The highest BCUT2D eigenvalue weighted by atomic mass is 16.3. The lowest BCUT2D eigenvalue weighted by Crippen LogP contribution is -2.28. The van der Waals surface area contributed by atoms with Crippen molar-refractivity contribution in [1.29, 1.82) is 0 Å². The van der Waals surface area contributed by atoms with Crippen molar-refractivity contribution in [2.45, 2.75) is 33.2 Å². The summed E-state index contributed by atoms with van der Waals surface area (Å²) in [5.41, 5.74) is 7.97. The molecular weight excluding hydrogens is 174 g/mol. The van der Waals surface area contributed by atoms with Crippen LogP contribution in [0, 0.1) is 12.8 Å². The number of benzene rings is 1. The van der Waals surface area contributed by atoms with Crippen molar-refractivity contribution in [3.8, 4) is 5.75 Å². The van der Waals surface area contributed by atoms with Gasteiger partial charge in [-0.2, -0.15) is 0 Å². The summed E-state index contributed by atoms with van der Waals surface area (Å²) in [6.45, 7) is 6.11. The van der Waals surface area contributed by atoms with Gasteiger partial charge in [0.05, 0.1) is 0 Å². The van der Waals surface area contributed by atoms with Gasteiger partial charge in [-0.15, -0.1) is 0 Å². The molecule has 0 aliphatic heterocycles. The molecule has 0 aliphatic rings. The maximum absolute atomic E-state index is 9.51. The van der Waals surface area contributed by atoms with E-state index in [0.717, 1.165) is 17.5 Å². The molecule has 0 fully saturated rings. The van der Waals surface area contributed by atoms with Crippen LogP contribution in [0.1, 0.15) is 25.0 Å². The van der Waals surface area contributed by atoms with Gasteiger partial charge in [0, 0.05) is 6.04 Å². The SMILES string of the molecule is Cc1ccc(CC(N)C(C)C)cc1O. The largest absolute Gasteiger partial charge is 0.508 e. The van der Waals surface area contributed by atoms with Crippen LogP contribution in [0.5, 0.6) is 5.75 Å². The topological polar surface area (TPSA) is 46.2 Å². The number of phenols is 1. The van der Waals surface area contributed by atoms with Crippen LogP contribution in [-0.2, 0) is 6.42 Å². The Morgan fingerprint density at radius 1 is 1.36 bits per heavy atom. The Morgan fingerprint density at radius 3 is 2.50 bits per heavy atom. The minimum Gasteiger partial charge on any atom is -0.508 e. The zero-order valence-electron chi connectivity index (χ0n) is 9.12. The zero-order valence-corrected chi connectivity index (χ0v) is 9.12. The van der Waals surface area contributed by atoms with Gasteiger partial charge >= 0.3 is 0 Å². The number of nitrogens with two attached hydrogens (primary N) is 1. The molecule has 1 atom stereocenters. The molecule has 2 nitrogen and oxygen atoms in total. The van der Waals surface area contributed by atoms with Gasteiger partial charge in [-0.3, -0.25) is 0 Å². The molecule has 0 aliphatic carbocycles. The van der Waals surface area contributed by atoms with E-state index in [0.29, 0.717) is 11.7 Å². The molecule has 1 rings (SSSR count). The molecule has 14 heavy (non-hydrogen) atoms. The summed E-state index contributed by atoms with van der Waals surface area (Å²) in [6.07, 6.45) is 0.825. The van der Waals surface area contributed by atoms with Gasteiger partial charge in [0.2, 0.25) is 0 Å². The van der Waals surface area contributed by atoms with E-state index >= 15 is 0 Å². The summed E-state index contributed by atoms with van der Waals surface area (Å²) >= 11 is 0. The minimum atomic E-state index is 0.164. The first kappa shape index (κ1) is 11.1. The number of rotatable bonds is 3. The van der Waals surface area contributed by atoms with Crippen molar-refractivity contribution in [2.75, 3.05) is 0 Å². The van der Waals surface area contributed by atoms with Crippen molar-refractivity contribution in [3.05, 3.63) is 29.3 Å². The Labute approximate surface area is 85.8 Å². The number of aromatic hydroxyl groups is 1. The second kappa shape index (κ2) is 4.47. The number of aryl methyl sites for hydroxylation is 1. The Morgan fingerprint density at radius 2 is 2.00 bits per heavy atom. The molecular formula is C12H19NO. The highest BCUT2D eigenvalue weighted by molar-refractivity contribution is 5.35. The molecule has 2 heteroatoms. The number of hydrogen-bond donors (Lipinski definition) is 2. The highest BCUT2D eigenvalue weighted by Gasteiger charge is 2.09. The van der Waals surface area contributed by atoms with Gasteiger partial charge in [-0.25, -0.2) is 0 Å². The first-order valence-electron chi connectivity index (χ1n) is 5.04. The predicted molar refractivity (Wildman–Crippen MR) is 59.4 cm³/mol. The molecule has 0 amide bonds. The molecule has 0 saturated heterocycles. The third kappa shape index (κ3) is 2.74. The summed E-state index contributed by atoms with van der Waals surface area (Å²) in [7, 11) is 0. The normalized spacial score (nSPS) is 13.2. The van der Waals surface area contributed by atoms with Crippen molar-refractivity contribution in [3.63, 3.8) is 0 Å². The average molecular weight is 193 g/mol. The van der Waals surface area contributed by atoms with Gasteiger partial charge in [-0.05, 0) is 36.5 Å². The molecule has 1 aromatic rings. The van der Waals surface area contributed by atoms with Crippen LogP contribution in [0.4, 0.5) is 0 Å². The van der Waals surface area contributed by atoms with Crippen molar-refractivity contribution in [1.82, 2.24) is 0 Å². The Bertz CT molecular complexity index is 307. The van der Waals surface area contributed by atoms with Crippen molar-refractivity contribution in [2.24, 2.45) is 11.7 Å². The van der Waals surface area contributed by atoms with Crippen LogP contribution in [0.3, 0.4) is 0 Å². The van der Waals surface area contributed by atoms with E-state index in [4.69, 9.17) is 5.73 Å². The molecule has 0 radical (unpaired) electrons. The smallest absolute Gasteiger partial charge is 0.118 e. The molecule has 0 bridgehead atoms. The Balaban J connectivity index is 2.73. The summed E-state index contributed by atoms with van der Waals surface area (Å²) < 4.78 is 0. The molecule has 1 aromatic carbocycles. The molecule has 0 aromatic heterocycles. The second-order valence-electron chi connectivity index (χ2n) is 4.23. The quantitative estimate of drug-likeness (QED) is 0.773. The lowest BCUT2D eigenvalue weighted by molar-refractivity contribution is 0.466. The van der Waals surface area contributed by atoms with E-state index in [1.54, 1.807) is 6.07 Å². The van der Waals surface area contributed by atoms with Crippen LogP contribution < -0.4 is 5.73 Å². The summed E-state index contributed by atoms with van der Waals surface area (Å²) in [4.78, 5) is 0. The summed E-state index contributed by atoms with van der Waals surface area (Å²) in [6, 6.07) is 5.92. The number of phenolic OH excluding ortho intramolecular Hbond substituents is 1. The maximum atomic E-state index is 9.51. The molecule has 0 heterocycles. The van der Waals surface area contributed by atoms with Crippen molar-refractivity contribution < 1.29 is 5.11 Å². The standard InChI is InChI=1S/C12H19NO/c1-8(2)11(13)6-10-5-4-9(3)12(14)7-10/h4-5,7-8,11,14H,6,13H2,1-3H3. The molecule has 1 unspecified atom stereocenters. The van der Waals surface area contributed by atoms with E-state index in [1.165, 1.54) is 0 Å². The van der Waals surface area contributed by atoms with E-state index in [1.807, 2.05) is 19.1 Å². The lowest BCUT2D eigenvalue weighted by atomic mass is 9.97. The predicted octanol–water partition coefficient (Wildman–Crippen LogP) is 2.23. The fraction of sp³-hybridized carbons (Fsp3) is 0.500. The summed E-state index contributed by atoms with van der Waals surface area (Å²) in [5, 5.41) is 9.51. The van der Waals surface area contributed by atoms with E-state index in [9.17, 15) is 5.11 Å². The molecule has 78 valence electrons. The van der Waals surface area contributed by atoms with Crippen LogP contribution in [0.2, 0.25) is 0 Å². The van der Waals surface area contributed by atoms with E-state index in [2.05, 4.69) is 13.8 Å². The highest BCUT2D eigenvalue weighted by Crippen LogP contribution is 2.19. The first-order valence-corrected chi connectivity index (χ1v) is 5.04. The van der Waals surface area contributed by atoms with Crippen LogP contribution in [0.25, 0.3) is 0 Å². The second-order valence-corrected chi connectivity index (χ2v) is 4.23. The molecule has 0 saturated carbocycles. The zero-order chi connectivity index (χ0) is 10.7. The average Bonchev–Trinajstić information content (AvgIpc) is 2.11. The Hall–Kier alpha value is -1.02. The third-order valence-electron chi connectivity index (χ3n) is 2.60.